The molecule has 2 fully saturated rings. The van der Waals surface area contributed by atoms with Crippen LogP contribution in [0.2, 0.25) is 0 Å². The number of thioether (sulfide) groups is 1. The molecular formula is C12H18N4O2S. The monoisotopic (exact) mass is 282 g/mol. The van der Waals surface area contributed by atoms with E-state index in [0.717, 1.165) is 19.4 Å². The third-order valence-corrected chi connectivity index (χ3v) is 4.64. The lowest BCUT2D eigenvalue weighted by molar-refractivity contribution is -0.146. The van der Waals surface area contributed by atoms with Gasteiger partial charge in [0.05, 0.1) is 24.5 Å². The van der Waals surface area contributed by atoms with Gasteiger partial charge in [-0.15, -0.1) is 0 Å². The summed E-state index contributed by atoms with van der Waals surface area (Å²) in [6.45, 7) is 1.39. The van der Waals surface area contributed by atoms with Gasteiger partial charge in [-0.05, 0) is 12.8 Å². The molecule has 1 amide bonds. The number of hydrogen-bond acceptors (Lipinski definition) is 5. The summed E-state index contributed by atoms with van der Waals surface area (Å²) < 4.78 is 5.78. The van der Waals surface area contributed by atoms with E-state index in [4.69, 9.17) is 4.74 Å². The Hall–Kier alpha value is -1.08. The maximum atomic E-state index is 12.3. The number of morpholine rings is 1. The van der Waals surface area contributed by atoms with Crippen molar-refractivity contribution in [3.63, 3.8) is 0 Å². The number of H-pyrrole nitrogens is 1. The lowest BCUT2D eigenvalue weighted by Gasteiger charge is -2.43. The molecule has 19 heavy (non-hydrogen) atoms. The van der Waals surface area contributed by atoms with Crippen molar-refractivity contribution in [1.82, 2.24) is 20.1 Å². The molecule has 1 saturated heterocycles. The zero-order valence-corrected chi connectivity index (χ0v) is 11.6. The molecule has 1 aromatic rings. The van der Waals surface area contributed by atoms with E-state index in [1.165, 1.54) is 30.9 Å². The highest BCUT2D eigenvalue weighted by Gasteiger charge is 2.36. The minimum absolute atomic E-state index is 0.182. The molecule has 7 heteroatoms. The first-order chi connectivity index (χ1) is 9.34. The van der Waals surface area contributed by atoms with Crippen LogP contribution < -0.4 is 0 Å². The van der Waals surface area contributed by atoms with Gasteiger partial charge in [-0.2, -0.15) is 5.10 Å². The van der Waals surface area contributed by atoms with Crippen molar-refractivity contribution < 1.29 is 9.53 Å². The molecule has 2 aliphatic rings. The van der Waals surface area contributed by atoms with Crippen LogP contribution in [0.5, 0.6) is 0 Å². The van der Waals surface area contributed by atoms with E-state index in [2.05, 4.69) is 15.2 Å². The molecule has 1 aromatic heterocycles. The van der Waals surface area contributed by atoms with Crippen LogP contribution in [-0.4, -0.2) is 57.0 Å². The summed E-state index contributed by atoms with van der Waals surface area (Å²) >= 11 is 1.41. The molecule has 0 spiro atoms. The number of carbonyl (C=O) groups excluding carboxylic acids is 1. The first-order valence-corrected chi connectivity index (χ1v) is 7.72. The number of fused-ring (bicyclic) bond motifs is 1. The summed E-state index contributed by atoms with van der Waals surface area (Å²) in [6, 6.07) is 0.283. The van der Waals surface area contributed by atoms with Crippen LogP contribution in [0.25, 0.3) is 0 Å². The Morgan fingerprint density at radius 2 is 2.42 bits per heavy atom. The van der Waals surface area contributed by atoms with Crippen LogP contribution in [0.15, 0.2) is 11.5 Å². The summed E-state index contributed by atoms with van der Waals surface area (Å²) in [5.74, 6) is 0.597. The van der Waals surface area contributed by atoms with Gasteiger partial charge in [0.15, 0.2) is 5.16 Å². The number of ether oxygens (including phenoxy) is 1. The Kier molecular flexibility index (Phi) is 4.03. The number of hydrogen-bond donors (Lipinski definition) is 1. The van der Waals surface area contributed by atoms with Crippen molar-refractivity contribution >= 4 is 17.7 Å². The number of aromatic nitrogens is 3. The van der Waals surface area contributed by atoms with Crippen molar-refractivity contribution in [3.05, 3.63) is 6.33 Å². The third kappa shape index (κ3) is 2.92. The van der Waals surface area contributed by atoms with E-state index in [-0.39, 0.29) is 18.1 Å². The molecule has 104 valence electrons. The fraction of sp³-hybridized carbons (Fsp3) is 0.750. The van der Waals surface area contributed by atoms with Crippen LogP contribution >= 0.6 is 11.8 Å². The van der Waals surface area contributed by atoms with Crippen LogP contribution in [0.1, 0.15) is 25.7 Å². The first-order valence-electron chi connectivity index (χ1n) is 6.74. The van der Waals surface area contributed by atoms with Crippen molar-refractivity contribution in [2.24, 2.45) is 0 Å². The van der Waals surface area contributed by atoms with E-state index in [0.29, 0.717) is 17.5 Å². The van der Waals surface area contributed by atoms with Gasteiger partial charge in [0, 0.05) is 6.54 Å². The van der Waals surface area contributed by atoms with Gasteiger partial charge >= 0.3 is 0 Å². The molecule has 2 heterocycles. The second-order valence-electron chi connectivity index (χ2n) is 4.93. The fourth-order valence-corrected chi connectivity index (χ4v) is 3.55. The standard InChI is InChI=1S/C12H18N4O2S/c17-11(7-19-12-13-8-14-15-12)16-5-6-18-10-4-2-1-3-9(10)16/h8-10H,1-7H2,(H,13,14,15). The zero-order chi connectivity index (χ0) is 13.1. The predicted octanol–water partition coefficient (Wildman–Crippen LogP) is 1.07. The highest BCUT2D eigenvalue weighted by atomic mass is 32.2. The van der Waals surface area contributed by atoms with Crippen molar-refractivity contribution in [1.29, 1.82) is 0 Å². The van der Waals surface area contributed by atoms with Crippen molar-refractivity contribution in [3.8, 4) is 0 Å². The Morgan fingerprint density at radius 1 is 1.53 bits per heavy atom. The summed E-state index contributed by atoms with van der Waals surface area (Å²) in [6.07, 6.45) is 6.28. The third-order valence-electron chi connectivity index (χ3n) is 3.78. The Morgan fingerprint density at radius 3 is 3.26 bits per heavy atom. The Bertz CT molecular complexity index is 423. The Balaban J connectivity index is 1.58. The average molecular weight is 282 g/mol. The SMILES string of the molecule is O=C(CSc1ncn[nH]1)N1CCOC2CCCCC21. The highest BCUT2D eigenvalue weighted by Crippen LogP contribution is 2.29. The summed E-state index contributed by atoms with van der Waals surface area (Å²) in [7, 11) is 0. The number of nitrogens with zero attached hydrogens (tertiary/aromatic N) is 3. The molecule has 0 radical (unpaired) electrons. The summed E-state index contributed by atoms with van der Waals surface area (Å²) in [5.41, 5.74) is 0. The number of rotatable bonds is 3. The molecule has 3 rings (SSSR count). The molecule has 0 aromatic carbocycles. The highest BCUT2D eigenvalue weighted by molar-refractivity contribution is 7.99. The quantitative estimate of drug-likeness (QED) is 0.840. The molecule has 1 saturated carbocycles. The number of amides is 1. The molecule has 1 aliphatic carbocycles. The van der Waals surface area contributed by atoms with Gasteiger partial charge in [0.1, 0.15) is 6.33 Å². The van der Waals surface area contributed by atoms with E-state index >= 15 is 0 Å². The number of aromatic amines is 1. The summed E-state index contributed by atoms with van der Waals surface area (Å²) in [4.78, 5) is 18.4. The van der Waals surface area contributed by atoms with E-state index in [1.807, 2.05) is 4.90 Å². The van der Waals surface area contributed by atoms with Gasteiger partial charge in [-0.25, -0.2) is 4.98 Å². The predicted molar refractivity (Wildman–Crippen MR) is 70.8 cm³/mol. The lowest BCUT2D eigenvalue weighted by Crippen LogP contribution is -2.55. The van der Waals surface area contributed by atoms with Gasteiger partial charge in [0.2, 0.25) is 5.91 Å². The van der Waals surface area contributed by atoms with Gasteiger partial charge < -0.3 is 9.64 Å². The van der Waals surface area contributed by atoms with Gasteiger partial charge in [-0.3, -0.25) is 9.89 Å². The van der Waals surface area contributed by atoms with Crippen LogP contribution in [0.3, 0.4) is 0 Å². The number of carbonyl (C=O) groups is 1. The second kappa shape index (κ2) is 5.92. The zero-order valence-electron chi connectivity index (χ0n) is 10.7. The summed E-state index contributed by atoms with van der Waals surface area (Å²) in [5, 5.41) is 7.23. The van der Waals surface area contributed by atoms with Crippen molar-refractivity contribution in [2.45, 2.75) is 43.0 Å². The van der Waals surface area contributed by atoms with E-state index < -0.39 is 0 Å². The van der Waals surface area contributed by atoms with Crippen molar-refractivity contribution in [2.75, 3.05) is 18.9 Å². The largest absolute Gasteiger partial charge is 0.374 e. The second-order valence-corrected chi connectivity index (χ2v) is 5.89. The maximum Gasteiger partial charge on any atom is 0.233 e. The van der Waals surface area contributed by atoms with E-state index in [9.17, 15) is 4.79 Å². The molecule has 0 bridgehead atoms. The van der Waals surface area contributed by atoms with Crippen LogP contribution in [0, 0.1) is 0 Å². The van der Waals surface area contributed by atoms with E-state index in [1.54, 1.807) is 0 Å². The van der Waals surface area contributed by atoms with Crippen LogP contribution in [0.4, 0.5) is 0 Å². The smallest absolute Gasteiger partial charge is 0.233 e. The molecule has 2 unspecified atom stereocenters. The molecule has 2 atom stereocenters. The van der Waals surface area contributed by atoms with Gasteiger partial charge in [-0.1, -0.05) is 24.6 Å². The molecular weight excluding hydrogens is 264 g/mol. The molecule has 6 nitrogen and oxygen atoms in total. The normalized spacial score (nSPS) is 27.1. The number of nitrogens with one attached hydrogen (secondary N) is 1. The van der Waals surface area contributed by atoms with Gasteiger partial charge in [0.25, 0.3) is 0 Å². The molecule has 1 N–H and O–H groups in total. The first kappa shape index (κ1) is 12.9. The maximum absolute atomic E-state index is 12.3. The fourth-order valence-electron chi connectivity index (χ4n) is 2.88. The minimum Gasteiger partial charge on any atom is -0.374 e. The van der Waals surface area contributed by atoms with Crippen LogP contribution in [-0.2, 0) is 9.53 Å². The molecule has 1 aliphatic heterocycles. The average Bonchev–Trinajstić information content (AvgIpc) is 2.97. The topological polar surface area (TPSA) is 71.1 Å². The minimum atomic E-state index is 0.182. The Labute approximate surface area is 116 Å². The lowest BCUT2D eigenvalue weighted by atomic mass is 9.90.